The molecule has 2 aliphatic heterocycles. The molecule has 0 aromatic carbocycles. The molecule has 1 amide bonds. The maximum Gasteiger partial charge on any atom is 0.231 e. The van der Waals surface area contributed by atoms with E-state index in [9.17, 15) is 4.79 Å². The Morgan fingerprint density at radius 3 is 2.30 bits per heavy atom. The molecule has 3 aliphatic rings. The summed E-state index contributed by atoms with van der Waals surface area (Å²) in [4.78, 5) is 15.0. The van der Waals surface area contributed by atoms with Gasteiger partial charge < -0.3 is 15.0 Å². The third-order valence-corrected chi connectivity index (χ3v) is 5.84. The Morgan fingerprint density at radius 2 is 1.80 bits per heavy atom. The standard InChI is InChI=1S/C15H26N2O2.ClH/c1-14(2)11-8-17(9-12(11)14)13(18)15(10-19-3)4-6-16-7-5-15;/h11-12,16H,4-10H2,1-3H3;1H. The highest BCUT2D eigenvalue weighted by Gasteiger charge is 2.63. The van der Waals surface area contributed by atoms with Crippen LogP contribution in [0.5, 0.6) is 0 Å². The summed E-state index contributed by atoms with van der Waals surface area (Å²) in [6.45, 7) is 9.04. The summed E-state index contributed by atoms with van der Waals surface area (Å²) in [7, 11) is 1.71. The van der Waals surface area contributed by atoms with Crippen LogP contribution in [0.3, 0.4) is 0 Å². The van der Waals surface area contributed by atoms with Gasteiger partial charge in [-0.05, 0) is 43.2 Å². The van der Waals surface area contributed by atoms with Gasteiger partial charge in [0.15, 0.2) is 0 Å². The average molecular weight is 303 g/mol. The number of fused-ring (bicyclic) bond motifs is 1. The van der Waals surface area contributed by atoms with Crippen LogP contribution in [0.4, 0.5) is 0 Å². The van der Waals surface area contributed by atoms with E-state index in [0.717, 1.165) is 50.9 Å². The molecule has 2 unspecified atom stereocenters. The molecule has 0 aromatic heterocycles. The average Bonchev–Trinajstić information content (AvgIpc) is 2.80. The summed E-state index contributed by atoms with van der Waals surface area (Å²) >= 11 is 0. The molecule has 3 rings (SSSR count). The van der Waals surface area contributed by atoms with Gasteiger partial charge in [-0.2, -0.15) is 0 Å². The predicted molar refractivity (Wildman–Crippen MR) is 81.0 cm³/mol. The number of hydrogen-bond donors (Lipinski definition) is 1. The number of hydrogen-bond acceptors (Lipinski definition) is 3. The molecule has 3 fully saturated rings. The maximum absolute atomic E-state index is 12.9. The number of rotatable bonds is 3. The number of halogens is 1. The highest BCUT2D eigenvalue weighted by molar-refractivity contribution is 5.85. The number of methoxy groups -OCH3 is 1. The minimum absolute atomic E-state index is 0. The van der Waals surface area contributed by atoms with Crippen molar-refractivity contribution >= 4 is 18.3 Å². The van der Waals surface area contributed by atoms with Crippen molar-refractivity contribution in [3.05, 3.63) is 0 Å². The van der Waals surface area contributed by atoms with Gasteiger partial charge in [-0.1, -0.05) is 13.8 Å². The van der Waals surface area contributed by atoms with Crippen molar-refractivity contribution in [1.29, 1.82) is 0 Å². The zero-order chi connectivity index (χ0) is 13.7. The Morgan fingerprint density at radius 1 is 1.25 bits per heavy atom. The lowest BCUT2D eigenvalue weighted by molar-refractivity contribution is -0.147. The molecular formula is C15H27ClN2O2. The fraction of sp³-hybridized carbons (Fsp3) is 0.933. The molecule has 116 valence electrons. The number of piperidine rings is 2. The van der Waals surface area contributed by atoms with Crippen molar-refractivity contribution < 1.29 is 9.53 Å². The monoisotopic (exact) mass is 302 g/mol. The summed E-state index contributed by atoms with van der Waals surface area (Å²) in [5.41, 5.74) is 0.209. The minimum Gasteiger partial charge on any atom is -0.384 e. The highest BCUT2D eigenvalue weighted by atomic mass is 35.5. The highest BCUT2D eigenvalue weighted by Crippen LogP contribution is 2.62. The number of nitrogens with one attached hydrogen (secondary N) is 1. The number of carbonyl (C=O) groups excluding carboxylic acids is 1. The number of ether oxygens (including phenoxy) is 1. The number of amides is 1. The van der Waals surface area contributed by atoms with Gasteiger partial charge in [0.05, 0.1) is 12.0 Å². The smallest absolute Gasteiger partial charge is 0.231 e. The molecule has 20 heavy (non-hydrogen) atoms. The van der Waals surface area contributed by atoms with Gasteiger partial charge in [0.25, 0.3) is 0 Å². The molecule has 0 aromatic rings. The molecular weight excluding hydrogens is 276 g/mol. The van der Waals surface area contributed by atoms with Gasteiger partial charge >= 0.3 is 0 Å². The first-order valence-corrected chi connectivity index (χ1v) is 7.50. The van der Waals surface area contributed by atoms with Gasteiger partial charge in [-0.25, -0.2) is 0 Å². The lowest BCUT2D eigenvalue weighted by atomic mass is 9.78. The van der Waals surface area contributed by atoms with Gasteiger partial charge in [0, 0.05) is 20.2 Å². The third-order valence-electron chi connectivity index (χ3n) is 5.84. The van der Waals surface area contributed by atoms with Gasteiger partial charge in [-0.3, -0.25) is 4.79 Å². The SMILES string of the molecule is COCC1(C(=O)N2CC3C(C2)C3(C)C)CCNCC1.Cl. The first-order chi connectivity index (χ1) is 9.01. The van der Waals surface area contributed by atoms with E-state index in [1.165, 1.54) is 0 Å². The first-order valence-electron chi connectivity index (χ1n) is 7.50. The van der Waals surface area contributed by atoms with Crippen LogP contribution in [0, 0.1) is 22.7 Å². The molecule has 2 heterocycles. The van der Waals surface area contributed by atoms with E-state index < -0.39 is 0 Å². The topological polar surface area (TPSA) is 41.6 Å². The van der Waals surface area contributed by atoms with E-state index in [1.807, 2.05) is 0 Å². The molecule has 1 N–H and O–H groups in total. The molecule has 1 saturated carbocycles. The molecule has 5 heteroatoms. The molecule has 4 nitrogen and oxygen atoms in total. The molecule has 0 radical (unpaired) electrons. The van der Waals surface area contributed by atoms with Crippen molar-refractivity contribution in [1.82, 2.24) is 10.2 Å². The summed E-state index contributed by atoms with van der Waals surface area (Å²) in [6, 6.07) is 0. The van der Waals surface area contributed by atoms with Crippen LogP contribution in [-0.4, -0.2) is 50.7 Å². The predicted octanol–water partition coefficient (Wildman–Crippen LogP) is 1.54. The quantitative estimate of drug-likeness (QED) is 0.860. The zero-order valence-electron chi connectivity index (χ0n) is 12.8. The van der Waals surface area contributed by atoms with Crippen LogP contribution >= 0.6 is 12.4 Å². The largest absolute Gasteiger partial charge is 0.384 e. The number of nitrogens with zero attached hydrogens (tertiary/aromatic N) is 1. The van der Waals surface area contributed by atoms with E-state index in [0.29, 0.717) is 17.9 Å². The Bertz CT molecular complexity index is 361. The van der Waals surface area contributed by atoms with Crippen molar-refractivity contribution in [3.63, 3.8) is 0 Å². The van der Waals surface area contributed by atoms with Crippen molar-refractivity contribution in [3.8, 4) is 0 Å². The summed E-state index contributed by atoms with van der Waals surface area (Å²) in [5, 5.41) is 3.35. The fourth-order valence-corrected chi connectivity index (χ4v) is 4.23. The van der Waals surface area contributed by atoms with E-state index in [2.05, 4.69) is 24.1 Å². The number of carbonyl (C=O) groups is 1. The van der Waals surface area contributed by atoms with E-state index >= 15 is 0 Å². The molecule has 0 bridgehead atoms. The molecule has 2 atom stereocenters. The van der Waals surface area contributed by atoms with Gasteiger partial charge in [-0.15, -0.1) is 12.4 Å². The second kappa shape index (κ2) is 5.47. The zero-order valence-corrected chi connectivity index (χ0v) is 13.6. The second-order valence-corrected chi connectivity index (χ2v) is 7.21. The Hall–Kier alpha value is -0.320. The third kappa shape index (κ3) is 2.36. The van der Waals surface area contributed by atoms with Crippen molar-refractivity contribution in [2.75, 3.05) is 39.9 Å². The minimum atomic E-state index is -0.263. The Balaban J connectivity index is 0.00000147. The van der Waals surface area contributed by atoms with Crippen molar-refractivity contribution in [2.45, 2.75) is 26.7 Å². The lowest BCUT2D eigenvalue weighted by Gasteiger charge is -2.39. The fourth-order valence-electron chi connectivity index (χ4n) is 4.23. The van der Waals surface area contributed by atoms with Crippen LogP contribution in [0.2, 0.25) is 0 Å². The van der Waals surface area contributed by atoms with Crippen LogP contribution < -0.4 is 5.32 Å². The van der Waals surface area contributed by atoms with Crippen molar-refractivity contribution in [2.24, 2.45) is 22.7 Å². The summed E-state index contributed by atoms with van der Waals surface area (Å²) in [6.07, 6.45) is 1.82. The van der Waals surface area contributed by atoms with Crippen LogP contribution in [0.1, 0.15) is 26.7 Å². The van der Waals surface area contributed by atoms with E-state index in [4.69, 9.17) is 4.74 Å². The molecule has 2 saturated heterocycles. The second-order valence-electron chi connectivity index (χ2n) is 7.21. The molecule has 0 spiro atoms. The van der Waals surface area contributed by atoms with Gasteiger partial charge in [0.2, 0.25) is 5.91 Å². The summed E-state index contributed by atoms with van der Waals surface area (Å²) < 4.78 is 5.37. The Labute approximate surface area is 128 Å². The first kappa shape index (κ1) is 16.1. The lowest BCUT2D eigenvalue weighted by Crippen LogP contribution is -2.51. The van der Waals surface area contributed by atoms with Crippen LogP contribution in [0.25, 0.3) is 0 Å². The Kier molecular flexibility index (Phi) is 4.39. The van der Waals surface area contributed by atoms with Crippen LogP contribution in [0.15, 0.2) is 0 Å². The van der Waals surface area contributed by atoms with Crippen LogP contribution in [-0.2, 0) is 9.53 Å². The normalized spacial score (nSPS) is 33.2. The van der Waals surface area contributed by atoms with E-state index in [-0.39, 0.29) is 17.8 Å². The van der Waals surface area contributed by atoms with E-state index in [1.54, 1.807) is 7.11 Å². The van der Waals surface area contributed by atoms with Gasteiger partial charge in [0.1, 0.15) is 0 Å². The molecule has 1 aliphatic carbocycles. The summed E-state index contributed by atoms with van der Waals surface area (Å²) in [5.74, 6) is 1.81. The number of likely N-dealkylation sites (tertiary alicyclic amines) is 1. The maximum atomic E-state index is 12.9.